The van der Waals surface area contributed by atoms with Crippen molar-refractivity contribution in [2.24, 2.45) is 0 Å². The summed E-state index contributed by atoms with van der Waals surface area (Å²) in [5.41, 5.74) is 1.94. The molecule has 1 amide bonds. The Morgan fingerprint density at radius 2 is 2.06 bits per heavy atom. The van der Waals surface area contributed by atoms with Crippen molar-refractivity contribution in [3.8, 4) is 0 Å². The van der Waals surface area contributed by atoms with Crippen molar-refractivity contribution in [1.29, 1.82) is 0 Å². The highest BCUT2D eigenvalue weighted by Crippen LogP contribution is 2.13. The largest absolute Gasteiger partial charge is 0.352 e. The lowest BCUT2D eigenvalue weighted by Gasteiger charge is -2.06. The van der Waals surface area contributed by atoms with Crippen LogP contribution >= 0.6 is 35.0 Å². The zero-order valence-electron chi connectivity index (χ0n) is 10.0. The highest BCUT2D eigenvalue weighted by atomic mass is 127. The molecular weight excluding hydrogens is 351 g/mol. The van der Waals surface area contributed by atoms with Gasteiger partial charge in [-0.25, -0.2) is 0 Å². The fourth-order valence-corrected chi connectivity index (χ4v) is 1.82. The minimum Gasteiger partial charge on any atom is -0.352 e. The third-order valence-corrected chi connectivity index (χ3v) is 3.49. The molecule has 5 heteroatoms. The molecule has 0 aliphatic carbocycles. The average Bonchev–Trinajstić information content (AvgIpc) is 2.28. The number of nitrogens with one attached hydrogen (secondary N) is 2. The maximum atomic E-state index is 11.7. The molecule has 17 heavy (non-hydrogen) atoms. The minimum atomic E-state index is 0. The van der Waals surface area contributed by atoms with Gasteiger partial charge in [0.05, 0.1) is 0 Å². The summed E-state index contributed by atoms with van der Waals surface area (Å²) >= 11 is 2.24. The second-order valence-corrected chi connectivity index (χ2v) is 4.84. The molecule has 96 valence electrons. The second-order valence-electron chi connectivity index (χ2n) is 3.68. The van der Waals surface area contributed by atoms with Crippen molar-refractivity contribution in [1.82, 2.24) is 10.6 Å². The summed E-state index contributed by atoms with van der Waals surface area (Å²) in [7, 11) is 1.91. The standard InChI is InChI=1S/C12H17IN2O.ClH/c1-9-4-5-10(8-11(9)13)12(16)15-7-3-6-14-2;/h4-5,8,14H,3,6-7H2,1-2H3,(H,15,16);1H. The van der Waals surface area contributed by atoms with E-state index >= 15 is 0 Å². The van der Waals surface area contributed by atoms with Crippen LogP contribution in [0.1, 0.15) is 22.3 Å². The van der Waals surface area contributed by atoms with Gasteiger partial charge in [-0.1, -0.05) is 6.07 Å². The molecule has 0 aromatic heterocycles. The highest BCUT2D eigenvalue weighted by Gasteiger charge is 2.05. The van der Waals surface area contributed by atoms with Crippen molar-refractivity contribution in [3.05, 3.63) is 32.9 Å². The van der Waals surface area contributed by atoms with E-state index in [1.165, 1.54) is 5.56 Å². The van der Waals surface area contributed by atoms with E-state index in [0.29, 0.717) is 6.54 Å². The van der Waals surface area contributed by atoms with Gasteiger partial charge in [0.2, 0.25) is 0 Å². The lowest BCUT2D eigenvalue weighted by Crippen LogP contribution is -2.26. The topological polar surface area (TPSA) is 41.1 Å². The summed E-state index contributed by atoms with van der Waals surface area (Å²) in [5, 5.41) is 5.94. The van der Waals surface area contributed by atoms with Crippen molar-refractivity contribution in [3.63, 3.8) is 0 Å². The van der Waals surface area contributed by atoms with E-state index in [1.54, 1.807) is 0 Å². The molecule has 3 nitrogen and oxygen atoms in total. The third kappa shape index (κ3) is 5.70. The average molecular weight is 369 g/mol. The van der Waals surface area contributed by atoms with Crippen molar-refractivity contribution in [2.45, 2.75) is 13.3 Å². The molecule has 0 heterocycles. The molecule has 0 atom stereocenters. The van der Waals surface area contributed by atoms with Crippen LogP contribution in [0.2, 0.25) is 0 Å². The number of amides is 1. The van der Waals surface area contributed by atoms with Crippen LogP contribution in [0.25, 0.3) is 0 Å². The van der Waals surface area contributed by atoms with Crippen molar-refractivity contribution >= 4 is 40.9 Å². The van der Waals surface area contributed by atoms with Crippen LogP contribution in [-0.4, -0.2) is 26.0 Å². The fourth-order valence-electron chi connectivity index (χ4n) is 1.30. The maximum Gasteiger partial charge on any atom is 0.251 e. The molecule has 0 aliphatic rings. The number of rotatable bonds is 5. The molecule has 0 fully saturated rings. The fraction of sp³-hybridized carbons (Fsp3) is 0.417. The van der Waals surface area contributed by atoms with Gasteiger partial charge in [-0.05, 0) is 67.2 Å². The van der Waals surface area contributed by atoms with Crippen LogP contribution in [0.4, 0.5) is 0 Å². The van der Waals surface area contributed by atoms with Gasteiger partial charge in [-0.15, -0.1) is 12.4 Å². The Kier molecular flexibility index (Phi) is 8.55. The molecule has 0 saturated heterocycles. The van der Waals surface area contributed by atoms with E-state index < -0.39 is 0 Å². The lowest BCUT2D eigenvalue weighted by molar-refractivity contribution is 0.0953. The van der Waals surface area contributed by atoms with Gasteiger partial charge in [0.25, 0.3) is 5.91 Å². The first-order valence-electron chi connectivity index (χ1n) is 5.34. The molecule has 0 bridgehead atoms. The van der Waals surface area contributed by atoms with Crippen LogP contribution in [0.3, 0.4) is 0 Å². The van der Waals surface area contributed by atoms with Gasteiger partial charge in [0.1, 0.15) is 0 Å². The van der Waals surface area contributed by atoms with Crippen molar-refractivity contribution < 1.29 is 4.79 Å². The molecule has 1 aromatic rings. The Labute approximate surface area is 122 Å². The summed E-state index contributed by atoms with van der Waals surface area (Å²) in [6, 6.07) is 5.76. The highest BCUT2D eigenvalue weighted by molar-refractivity contribution is 14.1. The quantitative estimate of drug-likeness (QED) is 0.619. The van der Waals surface area contributed by atoms with Gasteiger partial charge < -0.3 is 10.6 Å². The molecule has 0 spiro atoms. The first-order chi connectivity index (χ1) is 7.65. The van der Waals surface area contributed by atoms with E-state index in [4.69, 9.17) is 0 Å². The maximum absolute atomic E-state index is 11.7. The lowest BCUT2D eigenvalue weighted by atomic mass is 10.1. The molecule has 2 N–H and O–H groups in total. The van der Waals surface area contributed by atoms with E-state index in [9.17, 15) is 4.79 Å². The molecule has 0 aliphatic heterocycles. The third-order valence-electron chi connectivity index (χ3n) is 2.32. The molecule has 1 aromatic carbocycles. The SMILES string of the molecule is CNCCCNC(=O)c1ccc(C)c(I)c1.Cl. The number of aryl methyl sites for hydroxylation is 1. The van der Waals surface area contributed by atoms with Crippen LogP contribution in [-0.2, 0) is 0 Å². The first-order valence-corrected chi connectivity index (χ1v) is 6.42. The summed E-state index contributed by atoms with van der Waals surface area (Å²) < 4.78 is 1.13. The monoisotopic (exact) mass is 368 g/mol. The van der Waals surface area contributed by atoms with E-state index in [-0.39, 0.29) is 18.3 Å². The van der Waals surface area contributed by atoms with Crippen LogP contribution < -0.4 is 10.6 Å². The number of hydrogen-bond acceptors (Lipinski definition) is 2. The summed E-state index contributed by atoms with van der Waals surface area (Å²) in [6.07, 6.45) is 0.950. The predicted molar refractivity (Wildman–Crippen MR) is 82.0 cm³/mol. The van der Waals surface area contributed by atoms with E-state index in [0.717, 1.165) is 22.1 Å². The molecule has 0 saturated carbocycles. The van der Waals surface area contributed by atoms with Gasteiger partial charge >= 0.3 is 0 Å². The normalized spacial score (nSPS) is 9.59. The van der Waals surface area contributed by atoms with Gasteiger partial charge in [-0.3, -0.25) is 4.79 Å². The van der Waals surface area contributed by atoms with Crippen LogP contribution in [0, 0.1) is 10.5 Å². The van der Waals surface area contributed by atoms with Gasteiger partial charge in [0.15, 0.2) is 0 Å². The number of carbonyl (C=O) groups is 1. The molecular formula is C12H18ClIN2O. The zero-order valence-corrected chi connectivity index (χ0v) is 13.0. The molecule has 1 rings (SSSR count). The Bertz CT molecular complexity index is 372. The van der Waals surface area contributed by atoms with E-state index in [2.05, 4.69) is 33.2 Å². The number of carbonyl (C=O) groups excluding carboxylic acids is 1. The van der Waals surface area contributed by atoms with Gasteiger partial charge in [0, 0.05) is 15.7 Å². The zero-order chi connectivity index (χ0) is 12.0. The predicted octanol–water partition coefficient (Wildman–Crippen LogP) is 2.36. The number of benzene rings is 1. The van der Waals surface area contributed by atoms with Crippen molar-refractivity contribution in [2.75, 3.05) is 20.1 Å². The smallest absolute Gasteiger partial charge is 0.251 e. The summed E-state index contributed by atoms with van der Waals surface area (Å²) in [5.74, 6) is 0.00835. The Morgan fingerprint density at radius 3 is 2.65 bits per heavy atom. The second kappa shape index (κ2) is 8.72. The molecule has 0 radical (unpaired) electrons. The summed E-state index contributed by atoms with van der Waals surface area (Å²) in [6.45, 7) is 3.67. The first kappa shape index (κ1) is 16.7. The Morgan fingerprint density at radius 1 is 1.35 bits per heavy atom. The van der Waals surface area contributed by atoms with Crippen LogP contribution in [0.15, 0.2) is 18.2 Å². The Balaban J connectivity index is 0.00000256. The number of hydrogen-bond donors (Lipinski definition) is 2. The minimum absolute atomic E-state index is 0. The van der Waals surface area contributed by atoms with Crippen LogP contribution in [0.5, 0.6) is 0 Å². The number of halogens is 2. The summed E-state index contributed by atoms with van der Waals surface area (Å²) in [4.78, 5) is 11.7. The van der Waals surface area contributed by atoms with Gasteiger partial charge in [-0.2, -0.15) is 0 Å². The van der Waals surface area contributed by atoms with E-state index in [1.807, 2.05) is 32.2 Å². The Hall–Kier alpha value is -0.330. The molecule has 0 unspecified atom stereocenters.